The Morgan fingerprint density at radius 1 is 1.14 bits per heavy atom. The van der Waals surface area contributed by atoms with Crippen LogP contribution in [0.25, 0.3) is 0 Å². The molecule has 108 valence electrons. The maximum Gasteiger partial charge on any atom is 0.339 e. The second kappa shape index (κ2) is 6.66. The Morgan fingerprint density at radius 2 is 1.86 bits per heavy atom. The molecule has 4 nitrogen and oxygen atoms in total. The van der Waals surface area contributed by atoms with Crippen LogP contribution in [0.1, 0.15) is 20.7 Å². The number of halogens is 2. The van der Waals surface area contributed by atoms with E-state index in [1.165, 1.54) is 13.2 Å². The van der Waals surface area contributed by atoms with E-state index in [0.717, 1.165) is 15.7 Å². The van der Waals surface area contributed by atoms with Gasteiger partial charge in [0.15, 0.2) is 0 Å². The van der Waals surface area contributed by atoms with Crippen molar-refractivity contribution in [1.82, 2.24) is 0 Å². The molecule has 0 heterocycles. The van der Waals surface area contributed by atoms with Gasteiger partial charge in [-0.2, -0.15) is 0 Å². The van der Waals surface area contributed by atoms with Gasteiger partial charge in [-0.15, -0.1) is 0 Å². The highest BCUT2D eigenvalue weighted by Gasteiger charge is 2.16. The van der Waals surface area contributed by atoms with Gasteiger partial charge >= 0.3 is 5.97 Å². The van der Waals surface area contributed by atoms with Crippen molar-refractivity contribution >= 4 is 40.2 Å². The van der Waals surface area contributed by atoms with E-state index < -0.39 is 17.7 Å². The lowest BCUT2D eigenvalue weighted by molar-refractivity contribution is 0.0602. The molecule has 0 spiro atoms. The first-order chi connectivity index (χ1) is 10.0. The van der Waals surface area contributed by atoms with Gasteiger partial charge in [0, 0.05) is 3.57 Å². The van der Waals surface area contributed by atoms with Gasteiger partial charge in [-0.25, -0.2) is 9.18 Å². The number of carbonyl (C=O) groups is 2. The molecular formula is C15H11FINO3. The number of carbonyl (C=O) groups excluding carboxylic acids is 2. The molecule has 0 aliphatic carbocycles. The molecule has 1 amide bonds. The third-order valence-electron chi connectivity index (χ3n) is 2.75. The first-order valence-electron chi connectivity index (χ1n) is 5.96. The molecule has 0 radical (unpaired) electrons. The summed E-state index contributed by atoms with van der Waals surface area (Å²) in [5, 5.41) is 2.54. The summed E-state index contributed by atoms with van der Waals surface area (Å²) in [6.45, 7) is 0. The fourth-order valence-electron chi connectivity index (χ4n) is 1.74. The maximum atomic E-state index is 13.3. The number of anilines is 1. The molecule has 0 unspecified atom stereocenters. The Hall–Kier alpha value is -1.96. The number of rotatable bonds is 3. The summed E-state index contributed by atoms with van der Waals surface area (Å²) in [5.41, 5.74) is 0.614. The molecule has 21 heavy (non-hydrogen) atoms. The van der Waals surface area contributed by atoms with E-state index in [9.17, 15) is 14.0 Å². The summed E-state index contributed by atoms with van der Waals surface area (Å²) in [6, 6.07) is 10.4. The van der Waals surface area contributed by atoms with E-state index in [-0.39, 0.29) is 11.3 Å². The molecule has 0 saturated heterocycles. The topological polar surface area (TPSA) is 55.4 Å². The number of methoxy groups -OCH3 is 1. The zero-order valence-electron chi connectivity index (χ0n) is 11.0. The number of hydrogen-bond donors (Lipinski definition) is 1. The number of hydrogen-bond acceptors (Lipinski definition) is 3. The number of ether oxygens (including phenoxy) is 1. The first-order valence-corrected chi connectivity index (χ1v) is 7.04. The van der Waals surface area contributed by atoms with Gasteiger partial charge in [0.05, 0.1) is 23.9 Å². The van der Waals surface area contributed by atoms with Crippen LogP contribution in [0.5, 0.6) is 0 Å². The molecule has 0 aliphatic rings. The van der Waals surface area contributed by atoms with Crippen molar-refractivity contribution in [1.29, 1.82) is 0 Å². The fourth-order valence-corrected chi connectivity index (χ4v) is 2.38. The third-order valence-corrected chi connectivity index (χ3v) is 3.69. The molecule has 2 aromatic rings. The lowest BCUT2D eigenvalue weighted by Gasteiger charge is -2.10. The van der Waals surface area contributed by atoms with Gasteiger partial charge in [0.2, 0.25) is 0 Å². The van der Waals surface area contributed by atoms with Gasteiger partial charge in [-0.1, -0.05) is 12.1 Å². The van der Waals surface area contributed by atoms with E-state index in [2.05, 4.69) is 10.1 Å². The van der Waals surface area contributed by atoms with Crippen molar-refractivity contribution in [3.8, 4) is 0 Å². The molecule has 0 aromatic heterocycles. The van der Waals surface area contributed by atoms with Crippen molar-refractivity contribution in [2.24, 2.45) is 0 Å². The van der Waals surface area contributed by atoms with Crippen LogP contribution < -0.4 is 5.32 Å². The molecule has 0 fully saturated rings. The minimum atomic E-state index is -0.645. The van der Waals surface area contributed by atoms with Gasteiger partial charge in [0.25, 0.3) is 5.91 Å². The highest BCUT2D eigenvalue weighted by molar-refractivity contribution is 14.1. The average Bonchev–Trinajstić information content (AvgIpc) is 2.47. The second-order valence-corrected chi connectivity index (χ2v) is 5.28. The number of nitrogens with one attached hydrogen (secondary N) is 1. The predicted octanol–water partition coefficient (Wildman–Crippen LogP) is 3.47. The van der Waals surface area contributed by atoms with E-state index in [4.69, 9.17) is 0 Å². The van der Waals surface area contributed by atoms with E-state index >= 15 is 0 Å². The third kappa shape index (κ3) is 3.57. The molecule has 6 heteroatoms. The van der Waals surface area contributed by atoms with Gasteiger partial charge in [-0.3, -0.25) is 4.79 Å². The van der Waals surface area contributed by atoms with Crippen LogP contribution in [0.15, 0.2) is 42.5 Å². The van der Waals surface area contributed by atoms with Gasteiger partial charge in [0.1, 0.15) is 5.82 Å². The highest BCUT2D eigenvalue weighted by Crippen LogP contribution is 2.20. The summed E-state index contributed by atoms with van der Waals surface area (Å²) in [7, 11) is 1.22. The number of amides is 1. The lowest BCUT2D eigenvalue weighted by atomic mass is 10.1. The molecular weight excluding hydrogens is 388 g/mol. The average molecular weight is 399 g/mol. The summed E-state index contributed by atoms with van der Waals surface area (Å²) in [5.74, 6) is -1.62. The smallest absolute Gasteiger partial charge is 0.339 e. The standard InChI is InChI=1S/C15H11FINO3/c1-21-15(20)11-7-6-9(16)8-13(11)18-14(19)10-4-2-3-5-12(10)17/h2-8H,1H3,(H,18,19). The zero-order chi connectivity index (χ0) is 15.4. The summed E-state index contributed by atoms with van der Waals surface area (Å²) < 4.78 is 18.7. The van der Waals surface area contributed by atoms with E-state index in [1.54, 1.807) is 24.3 Å². The minimum absolute atomic E-state index is 0.0755. The van der Waals surface area contributed by atoms with Crippen LogP contribution in [-0.4, -0.2) is 19.0 Å². The minimum Gasteiger partial charge on any atom is -0.465 e. The molecule has 2 aromatic carbocycles. The van der Waals surface area contributed by atoms with Crippen molar-refractivity contribution in [2.45, 2.75) is 0 Å². The fraction of sp³-hybridized carbons (Fsp3) is 0.0667. The van der Waals surface area contributed by atoms with Crippen LogP contribution in [0.4, 0.5) is 10.1 Å². The monoisotopic (exact) mass is 399 g/mol. The molecule has 2 rings (SSSR count). The zero-order valence-corrected chi connectivity index (χ0v) is 13.2. The molecule has 0 atom stereocenters. The van der Waals surface area contributed by atoms with Crippen LogP contribution >= 0.6 is 22.6 Å². The Balaban J connectivity index is 2.35. The summed E-state index contributed by atoms with van der Waals surface area (Å²) in [6.07, 6.45) is 0. The highest BCUT2D eigenvalue weighted by atomic mass is 127. The maximum absolute atomic E-state index is 13.3. The molecule has 1 N–H and O–H groups in total. The van der Waals surface area contributed by atoms with Crippen LogP contribution in [0.2, 0.25) is 0 Å². The Morgan fingerprint density at radius 3 is 2.52 bits per heavy atom. The van der Waals surface area contributed by atoms with Gasteiger partial charge in [-0.05, 0) is 52.9 Å². The Kier molecular flexibility index (Phi) is 4.89. The predicted molar refractivity (Wildman–Crippen MR) is 84.9 cm³/mol. The Labute approximate surface area is 134 Å². The van der Waals surface area contributed by atoms with E-state index in [0.29, 0.717) is 5.56 Å². The molecule has 0 aliphatic heterocycles. The SMILES string of the molecule is COC(=O)c1ccc(F)cc1NC(=O)c1ccccc1I. The quantitative estimate of drug-likeness (QED) is 0.636. The van der Waals surface area contributed by atoms with Crippen LogP contribution in [-0.2, 0) is 4.74 Å². The van der Waals surface area contributed by atoms with Gasteiger partial charge < -0.3 is 10.1 Å². The van der Waals surface area contributed by atoms with Crippen molar-refractivity contribution in [3.05, 3.63) is 63.0 Å². The van der Waals surface area contributed by atoms with Crippen molar-refractivity contribution < 1.29 is 18.7 Å². The number of benzene rings is 2. The van der Waals surface area contributed by atoms with Crippen molar-refractivity contribution in [2.75, 3.05) is 12.4 Å². The summed E-state index contributed by atoms with van der Waals surface area (Å²) in [4.78, 5) is 23.9. The van der Waals surface area contributed by atoms with E-state index in [1.807, 2.05) is 22.6 Å². The Bertz CT molecular complexity index is 703. The lowest BCUT2D eigenvalue weighted by Crippen LogP contribution is -2.16. The van der Waals surface area contributed by atoms with Crippen LogP contribution in [0.3, 0.4) is 0 Å². The first kappa shape index (κ1) is 15.4. The summed E-state index contributed by atoms with van der Waals surface area (Å²) >= 11 is 2.03. The second-order valence-electron chi connectivity index (χ2n) is 4.12. The molecule has 0 bridgehead atoms. The largest absolute Gasteiger partial charge is 0.465 e. The van der Waals surface area contributed by atoms with Crippen LogP contribution in [0, 0.1) is 9.39 Å². The number of esters is 1. The normalized spacial score (nSPS) is 10.0. The van der Waals surface area contributed by atoms with Crippen molar-refractivity contribution in [3.63, 3.8) is 0 Å². The molecule has 0 saturated carbocycles.